The van der Waals surface area contributed by atoms with E-state index in [0.29, 0.717) is 33.6 Å². The molecule has 0 saturated heterocycles. The number of benzene rings is 1. The van der Waals surface area contributed by atoms with Gasteiger partial charge in [0.2, 0.25) is 0 Å². The van der Waals surface area contributed by atoms with Crippen LogP contribution in [0.5, 0.6) is 0 Å². The number of hydrogen-bond donors (Lipinski definition) is 2. The number of carbonyl (C=O) groups excluding carboxylic acids is 2. The van der Waals surface area contributed by atoms with Crippen molar-refractivity contribution in [2.75, 3.05) is 11.1 Å². The lowest BCUT2D eigenvalue weighted by Crippen LogP contribution is -2.42. The lowest BCUT2D eigenvalue weighted by Gasteiger charge is -2.37. The molecule has 7 nitrogen and oxygen atoms in total. The minimum absolute atomic E-state index is 0.111. The third-order valence-corrected chi connectivity index (χ3v) is 7.03. The van der Waals surface area contributed by atoms with Crippen LogP contribution in [0.25, 0.3) is 0 Å². The van der Waals surface area contributed by atoms with Crippen molar-refractivity contribution >= 4 is 46.2 Å². The van der Waals surface area contributed by atoms with Crippen LogP contribution < -0.4 is 10.6 Å². The van der Waals surface area contributed by atoms with Crippen LogP contribution in [0.15, 0.2) is 41.5 Å². The lowest BCUT2D eigenvalue weighted by molar-refractivity contribution is 0.0563. The SMILES string of the molecule is CC(C)(C)OC(=O)NC1=NC2(c3cc(NC(=O)c4ccc(Cl)cn4)ccc3F)CCCC2CS1. The number of thioether (sulfide) groups is 1. The van der Waals surface area contributed by atoms with Crippen molar-refractivity contribution in [2.45, 2.75) is 51.2 Å². The summed E-state index contributed by atoms with van der Waals surface area (Å²) in [5, 5.41) is 6.33. The highest BCUT2D eigenvalue weighted by Gasteiger charge is 2.48. The van der Waals surface area contributed by atoms with Gasteiger partial charge in [-0.05, 0) is 69.9 Å². The van der Waals surface area contributed by atoms with E-state index < -0.39 is 29.0 Å². The van der Waals surface area contributed by atoms with E-state index in [0.717, 1.165) is 12.8 Å². The fourth-order valence-corrected chi connectivity index (χ4v) is 5.63. The Balaban J connectivity index is 1.62. The van der Waals surface area contributed by atoms with E-state index in [1.165, 1.54) is 36.2 Å². The van der Waals surface area contributed by atoms with Gasteiger partial charge in [0.15, 0.2) is 5.17 Å². The van der Waals surface area contributed by atoms with Crippen molar-refractivity contribution in [1.29, 1.82) is 0 Å². The molecule has 1 fully saturated rings. The highest BCUT2D eigenvalue weighted by molar-refractivity contribution is 8.13. The topological polar surface area (TPSA) is 92.7 Å². The molecule has 4 rings (SSSR count). The Hall–Kier alpha value is -2.65. The van der Waals surface area contributed by atoms with Gasteiger partial charge in [-0.1, -0.05) is 29.8 Å². The minimum Gasteiger partial charge on any atom is -0.444 e. The molecule has 180 valence electrons. The molecule has 2 amide bonds. The predicted octanol–water partition coefficient (Wildman–Crippen LogP) is 5.75. The summed E-state index contributed by atoms with van der Waals surface area (Å²) in [7, 11) is 0. The standard InChI is InChI=1S/C24H26ClFN4O3S/c1-23(2,3)33-22(32)29-21-30-24(10-4-5-14(24)13-34-21)17-11-16(7-8-18(17)26)28-20(31)19-9-6-15(25)12-27-19/h6-9,11-12,14H,4-5,10,13H2,1-3H3,(H,28,31)(H,29,30,32). The van der Waals surface area contributed by atoms with Crippen LogP contribution in [0.1, 0.15) is 56.1 Å². The fourth-order valence-electron chi connectivity index (χ4n) is 4.33. The molecule has 0 spiro atoms. The van der Waals surface area contributed by atoms with Crippen LogP contribution in [0.2, 0.25) is 5.02 Å². The van der Waals surface area contributed by atoms with E-state index in [1.54, 1.807) is 32.9 Å². The van der Waals surface area contributed by atoms with Crippen molar-refractivity contribution in [3.8, 4) is 0 Å². The molecule has 0 radical (unpaired) electrons. The van der Waals surface area contributed by atoms with Crippen LogP contribution in [-0.4, -0.2) is 33.5 Å². The first kappa shape index (κ1) is 24.5. The van der Waals surface area contributed by atoms with Crippen LogP contribution in [0.4, 0.5) is 14.9 Å². The number of carbonyl (C=O) groups is 2. The molecular formula is C24H26ClFN4O3S. The average Bonchev–Trinajstić information content (AvgIpc) is 3.18. The summed E-state index contributed by atoms with van der Waals surface area (Å²) in [5.74, 6) is -0.0224. The number of rotatable bonds is 3. The first-order valence-electron chi connectivity index (χ1n) is 11.0. The third kappa shape index (κ3) is 5.36. The zero-order chi connectivity index (χ0) is 24.5. The number of ether oxygens (including phenoxy) is 1. The number of aromatic nitrogens is 1. The Kier molecular flexibility index (Phi) is 6.87. The number of nitrogens with zero attached hydrogens (tertiary/aromatic N) is 2. The summed E-state index contributed by atoms with van der Waals surface area (Å²) in [4.78, 5) is 33.8. The van der Waals surface area contributed by atoms with Gasteiger partial charge >= 0.3 is 6.09 Å². The molecule has 1 aromatic carbocycles. The maximum atomic E-state index is 15.2. The molecule has 1 aromatic heterocycles. The Morgan fingerprint density at radius 2 is 2.03 bits per heavy atom. The summed E-state index contributed by atoms with van der Waals surface area (Å²) >= 11 is 7.28. The van der Waals surface area contributed by atoms with Crippen molar-refractivity contribution in [1.82, 2.24) is 10.3 Å². The summed E-state index contributed by atoms with van der Waals surface area (Å²) in [5.41, 5.74) is -0.425. The minimum atomic E-state index is -0.820. The van der Waals surface area contributed by atoms with Crippen molar-refractivity contribution in [3.05, 3.63) is 58.6 Å². The summed E-state index contributed by atoms with van der Waals surface area (Å²) in [6.45, 7) is 5.35. The highest BCUT2D eigenvalue weighted by Crippen LogP contribution is 2.52. The number of alkyl carbamates (subject to hydrolysis) is 1. The molecule has 2 heterocycles. The lowest BCUT2D eigenvalue weighted by atomic mass is 9.81. The highest BCUT2D eigenvalue weighted by atomic mass is 35.5. The van der Waals surface area contributed by atoms with E-state index in [1.807, 2.05) is 0 Å². The molecule has 2 N–H and O–H groups in total. The van der Waals surface area contributed by atoms with Gasteiger partial charge in [0, 0.05) is 23.2 Å². The smallest absolute Gasteiger partial charge is 0.413 e. The van der Waals surface area contributed by atoms with Crippen LogP contribution in [-0.2, 0) is 10.3 Å². The van der Waals surface area contributed by atoms with Gasteiger partial charge in [-0.15, -0.1) is 0 Å². The van der Waals surface area contributed by atoms with E-state index in [4.69, 9.17) is 21.3 Å². The maximum absolute atomic E-state index is 15.2. The van der Waals surface area contributed by atoms with Gasteiger partial charge in [-0.2, -0.15) is 0 Å². The molecule has 1 aliphatic carbocycles. The van der Waals surface area contributed by atoms with Crippen molar-refractivity contribution in [2.24, 2.45) is 10.9 Å². The van der Waals surface area contributed by atoms with Gasteiger partial charge in [-0.3, -0.25) is 15.1 Å². The number of amidine groups is 1. The number of halogens is 2. The number of aliphatic imine (C=N–C) groups is 1. The second-order valence-corrected chi connectivity index (χ2v) is 10.8. The molecule has 0 bridgehead atoms. The largest absolute Gasteiger partial charge is 0.444 e. The quantitative estimate of drug-likeness (QED) is 0.555. The van der Waals surface area contributed by atoms with E-state index >= 15 is 4.39 Å². The molecule has 1 aliphatic heterocycles. The number of fused-ring (bicyclic) bond motifs is 1. The first-order chi connectivity index (χ1) is 16.1. The number of hydrogen-bond acceptors (Lipinski definition) is 6. The normalized spacial score (nSPS) is 21.9. The Morgan fingerprint density at radius 1 is 1.24 bits per heavy atom. The number of pyridine rings is 1. The maximum Gasteiger partial charge on any atom is 0.413 e. The van der Waals surface area contributed by atoms with Crippen molar-refractivity contribution in [3.63, 3.8) is 0 Å². The second-order valence-electron chi connectivity index (χ2n) is 9.38. The monoisotopic (exact) mass is 504 g/mol. The predicted molar refractivity (Wildman–Crippen MR) is 132 cm³/mol. The zero-order valence-corrected chi connectivity index (χ0v) is 20.7. The van der Waals surface area contributed by atoms with Gasteiger partial charge in [0.05, 0.1) is 10.6 Å². The molecular weight excluding hydrogens is 479 g/mol. The Morgan fingerprint density at radius 3 is 2.74 bits per heavy atom. The Bertz CT molecular complexity index is 1140. The van der Waals surface area contributed by atoms with Crippen LogP contribution in [0, 0.1) is 11.7 Å². The van der Waals surface area contributed by atoms with Crippen LogP contribution >= 0.6 is 23.4 Å². The molecule has 2 aliphatic rings. The van der Waals surface area contributed by atoms with Crippen molar-refractivity contribution < 1.29 is 18.7 Å². The number of anilines is 1. The molecule has 1 saturated carbocycles. The fraction of sp³-hybridized carbons (Fsp3) is 0.417. The van der Waals surface area contributed by atoms with Gasteiger partial charge in [0.25, 0.3) is 5.91 Å². The summed E-state index contributed by atoms with van der Waals surface area (Å²) < 4.78 is 20.5. The summed E-state index contributed by atoms with van der Waals surface area (Å²) in [6.07, 6.45) is 3.23. The van der Waals surface area contributed by atoms with E-state index in [2.05, 4.69) is 15.6 Å². The summed E-state index contributed by atoms with van der Waals surface area (Å²) in [6, 6.07) is 7.57. The Labute approximate surface area is 206 Å². The zero-order valence-electron chi connectivity index (χ0n) is 19.2. The first-order valence-corrected chi connectivity index (χ1v) is 12.4. The number of amides is 2. The average molecular weight is 505 g/mol. The van der Waals surface area contributed by atoms with E-state index in [9.17, 15) is 9.59 Å². The number of nitrogens with one attached hydrogen (secondary N) is 2. The van der Waals surface area contributed by atoms with E-state index in [-0.39, 0.29) is 11.6 Å². The molecule has 2 atom stereocenters. The second kappa shape index (κ2) is 9.54. The third-order valence-electron chi connectivity index (χ3n) is 5.77. The molecule has 2 aromatic rings. The van der Waals surface area contributed by atoms with Gasteiger partial charge in [0.1, 0.15) is 17.1 Å². The van der Waals surface area contributed by atoms with Gasteiger partial charge < -0.3 is 10.1 Å². The molecule has 34 heavy (non-hydrogen) atoms. The molecule has 2 unspecified atom stereocenters. The van der Waals surface area contributed by atoms with Crippen LogP contribution in [0.3, 0.4) is 0 Å². The van der Waals surface area contributed by atoms with Gasteiger partial charge in [-0.25, -0.2) is 14.2 Å². The molecule has 10 heteroatoms.